The van der Waals surface area contributed by atoms with Crippen LogP contribution in [0.5, 0.6) is 0 Å². The summed E-state index contributed by atoms with van der Waals surface area (Å²) < 4.78 is 15.8. The van der Waals surface area contributed by atoms with E-state index in [1.807, 2.05) is 24.3 Å². The topological polar surface area (TPSA) is 34.5 Å². The summed E-state index contributed by atoms with van der Waals surface area (Å²) in [6, 6.07) is 69.8. The van der Waals surface area contributed by atoms with Gasteiger partial charge in [-0.2, -0.15) is 0 Å². The average Bonchev–Trinajstić information content (AvgIpc) is 4.04. The van der Waals surface area contributed by atoms with E-state index in [-0.39, 0.29) is 5.41 Å². The summed E-state index contributed by atoms with van der Waals surface area (Å²) in [4.78, 5) is 2.29. The van der Waals surface area contributed by atoms with Crippen molar-refractivity contribution in [3.63, 3.8) is 0 Å². The maximum atomic E-state index is 6.67. The first-order valence-electron chi connectivity index (χ1n) is 21.0. The molecule has 12 aromatic rings. The number of hydrogen-bond donors (Lipinski definition) is 0. The van der Waals surface area contributed by atoms with Gasteiger partial charge in [0, 0.05) is 49.1 Å². The molecule has 61 heavy (non-hydrogen) atoms. The van der Waals surface area contributed by atoms with Crippen LogP contribution < -0.4 is 4.90 Å². The first kappa shape index (κ1) is 34.1. The molecule has 0 radical (unpaired) electrons. The molecular formula is C57H38N2O2. The van der Waals surface area contributed by atoms with Gasteiger partial charge >= 0.3 is 0 Å². The first-order chi connectivity index (χ1) is 30.0. The van der Waals surface area contributed by atoms with E-state index in [1.165, 1.54) is 44.1 Å². The molecule has 0 aliphatic heterocycles. The van der Waals surface area contributed by atoms with E-state index in [4.69, 9.17) is 8.83 Å². The Bertz CT molecular complexity index is 3620. The molecule has 0 saturated heterocycles. The summed E-state index contributed by atoms with van der Waals surface area (Å²) in [5.41, 5.74) is 17.5. The van der Waals surface area contributed by atoms with Gasteiger partial charge in [0.25, 0.3) is 0 Å². The SMILES string of the molecule is CC1(C)c2ccccc2-c2cc3c4cc(-c5ccc(N(c6cccc7c6oc6ccccc67)c6cccc7c6oc6ccccc67)cc5)ccc4n(-c4ccccc4)c3cc21. The molecule has 0 saturated carbocycles. The molecular weight excluding hydrogens is 745 g/mol. The predicted octanol–water partition coefficient (Wildman–Crippen LogP) is 16.0. The number of rotatable bonds is 5. The predicted molar refractivity (Wildman–Crippen MR) is 253 cm³/mol. The zero-order valence-corrected chi connectivity index (χ0v) is 33.7. The highest BCUT2D eigenvalue weighted by Crippen LogP contribution is 2.52. The van der Waals surface area contributed by atoms with Crippen molar-refractivity contribution in [2.75, 3.05) is 4.90 Å². The van der Waals surface area contributed by atoms with Crippen molar-refractivity contribution in [1.29, 1.82) is 0 Å². The Morgan fingerprint density at radius 2 is 0.984 bits per heavy atom. The molecule has 0 atom stereocenters. The zero-order valence-electron chi connectivity index (χ0n) is 33.7. The lowest BCUT2D eigenvalue weighted by atomic mass is 9.82. The van der Waals surface area contributed by atoms with Gasteiger partial charge in [-0.3, -0.25) is 0 Å². The molecule has 0 N–H and O–H groups in total. The first-order valence-corrected chi connectivity index (χ1v) is 21.0. The van der Waals surface area contributed by atoms with Gasteiger partial charge < -0.3 is 18.3 Å². The molecule has 9 aromatic carbocycles. The fraction of sp³-hybridized carbons (Fsp3) is 0.0526. The fourth-order valence-corrected chi connectivity index (χ4v) is 10.3. The Morgan fingerprint density at radius 3 is 1.67 bits per heavy atom. The largest absolute Gasteiger partial charge is 0.454 e. The second-order valence-corrected chi connectivity index (χ2v) is 16.9. The second kappa shape index (κ2) is 12.6. The number of benzene rings is 9. The summed E-state index contributed by atoms with van der Waals surface area (Å²) in [7, 11) is 0. The van der Waals surface area contributed by atoms with Crippen LogP contribution in [0.2, 0.25) is 0 Å². The summed E-state index contributed by atoms with van der Waals surface area (Å²) in [6.07, 6.45) is 0. The van der Waals surface area contributed by atoms with Crippen LogP contribution in [0.15, 0.2) is 203 Å². The third kappa shape index (κ3) is 4.87. The van der Waals surface area contributed by atoms with Crippen molar-refractivity contribution < 1.29 is 8.83 Å². The van der Waals surface area contributed by atoms with E-state index >= 15 is 0 Å². The van der Waals surface area contributed by atoms with Gasteiger partial charge in [0.2, 0.25) is 0 Å². The highest BCUT2D eigenvalue weighted by molar-refractivity contribution is 6.15. The molecule has 1 aliphatic rings. The molecule has 1 aliphatic carbocycles. The van der Waals surface area contributed by atoms with Gasteiger partial charge in [-0.1, -0.05) is 135 Å². The third-order valence-corrected chi connectivity index (χ3v) is 13.2. The van der Waals surface area contributed by atoms with Crippen molar-refractivity contribution in [2.24, 2.45) is 0 Å². The minimum absolute atomic E-state index is 0.0925. The number of anilines is 3. The fourth-order valence-electron chi connectivity index (χ4n) is 10.3. The van der Waals surface area contributed by atoms with Crippen LogP contribution in [0.25, 0.3) is 93.6 Å². The number of para-hydroxylation sites is 5. The van der Waals surface area contributed by atoms with Crippen molar-refractivity contribution in [1.82, 2.24) is 4.57 Å². The normalized spacial score (nSPS) is 13.2. The number of hydrogen-bond acceptors (Lipinski definition) is 3. The van der Waals surface area contributed by atoms with Gasteiger partial charge in [0.1, 0.15) is 11.2 Å². The molecule has 3 aromatic heterocycles. The molecule has 4 heteroatoms. The molecule has 4 nitrogen and oxygen atoms in total. The molecule has 13 rings (SSSR count). The minimum atomic E-state index is -0.0925. The number of fused-ring (bicyclic) bond motifs is 12. The van der Waals surface area contributed by atoms with Gasteiger partial charge in [-0.25, -0.2) is 0 Å². The van der Waals surface area contributed by atoms with E-state index in [9.17, 15) is 0 Å². The van der Waals surface area contributed by atoms with E-state index < -0.39 is 0 Å². The molecule has 0 amide bonds. The Hall–Kier alpha value is -7.82. The van der Waals surface area contributed by atoms with Crippen LogP contribution in [0.1, 0.15) is 25.0 Å². The smallest absolute Gasteiger partial charge is 0.159 e. The quantitative estimate of drug-likeness (QED) is 0.174. The Kier molecular flexibility index (Phi) is 7.04. The lowest BCUT2D eigenvalue weighted by molar-refractivity contribution is 0.661. The van der Waals surface area contributed by atoms with Gasteiger partial charge in [0.05, 0.1) is 22.4 Å². The van der Waals surface area contributed by atoms with Crippen LogP contribution in [-0.4, -0.2) is 4.57 Å². The molecule has 0 spiro atoms. The van der Waals surface area contributed by atoms with Crippen LogP contribution in [0, 0.1) is 0 Å². The van der Waals surface area contributed by atoms with E-state index in [0.717, 1.165) is 77.8 Å². The van der Waals surface area contributed by atoms with Crippen LogP contribution in [0.4, 0.5) is 17.1 Å². The highest BCUT2D eigenvalue weighted by atomic mass is 16.3. The lowest BCUT2D eigenvalue weighted by Crippen LogP contribution is -2.14. The summed E-state index contributed by atoms with van der Waals surface area (Å²) in [5, 5.41) is 6.84. The Labute approximate surface area is 352 Å². The Balaban J connectivity index is 0.995. The average molecular weight is 783 g/mol. The lowest BCUT2D eigenvalue weighted by Gasteiger charge is -2.25. The van der Waals surface area contributed by atoms with E-state index in [0.29, 0.717) is 0 Å². The molecule has 3 heterocycles. The van der Waals surface area contributed by atoms with Crippen molar-refractivity contribution in [3.05, 3.63) is 205 Å². The van der Waals surface area contributed by atoms with Crippen LogP contribution in [-0.2, 0) is 5.41 Å². The number of nitrogens with zero attached hydrogens (tertiary/aromatic N) is 2. The van der Waals surface area contributed by atoms with Crippen molar-refractivity contribution in [2.45, 2.75) is 19.3 Å². The standard InChI is InChI=1S/C57H38N2O2/c1-57(2)47-21-9-6-16-39(47)44-33-46-45-32-36(28-31-49(45)58(52(46)34-48(44)57)37-14-4-3-5-15-37)35-26-29-38(30-27-35)59(50-22-12-19-42-40-17-7-10-24-53(40)60-55(42)50)51-23-13-20-43-41-18-8-11-25-54(41)61-56(43)51/h3-34H,1-2H3. The monoisotopic (exact) mass is 782 g/mol. The second-order valence-electron chi connectivity index (χ2n) is 16.9. The van der Waals surface area contributed by atoms with Gasteiger partial charge in [-0.15, -0.1) is 0 Å². The maximum Gasteiger partial charge on any atom is 0.159 e. The van der Waals surface area contributed by atoms with Gasteiger partial charge in [0.15, 0.2) is 11.2 Å². The number of furan rings is 2. The third-order valence-electron chi connectivity index (χ3n) is 13.2. The molecule has 0 fully saturated rings. The number of aromatic nitrogens is 1. The highest BCUT2D eigenvalue weighted by Gasteiger charge is 2.36. The minimum Gasteiger partial charge on any atom is -0.454 e. The summed E-state index contributed by atoms with van der Waals surface area (Å²) in [6.45, 7) is 4.71. The van der Waals surface area contributed by atoms with Gasteiger partial charge in [-0.05, 0) is 106 Å². The van der Waals surface area contributed by atoms with E-state index in [2.05, 4.69) is 193 Å². The van der Waals surface area contributed by atoms with Crippen molar-refractivity contribution in [3.8, 4) is 27.9 Å². The Morgan fingerprint density at radius 1 is 0.410 bits per heavy atom. The van der Waals surface area contributed by atoms with Crippen LogP contribution >= 0.6 is 0 Å². The van der Waals surface area contributed by atoms with Crippen molar-refractivity contribution >= 4 is 82.7 Å². The summed E-state index contributed by atoms with van der Waals surface area (Å²) in [5.74, 6) is 0. The summed E-state index contributed by atoms with van der Waals surface area (Å²) >= 11 is 0. The van der Waals surface area contributed by atoms with Crippen LogP contribution in [0.3, 0.4) is 0 Å². The molecule has 0 bridgehead atoms. The molecule has 288 valence electrons. The zero-order chi connectivity index (χ0) is 40.4. The van der Waals surface area contributed by atoms with E-state index in [1.54, 1.807) is 0 Å². The maximum absolute atomic E-state index is 6.67. The molecule has 0 unspecified atom stereocenters.